The van der Waals surface area contributed by atoms with Crippen molar-refractivity contribution in [3.05, 3.63) is 46.9 Å². The van der Waals surface area contributed by atoms with Crippen LogP contribution in [0.3, 0.4) is 0 Å². The summed E-state index contributed by atoms with van der Waals surface area (Å²) in [7, 11) is 5.64. The van der Waals surface area contributed by atoms with E-state index in [-0.39, 0.29) is 41.4 Å². The summed E-state index contributed by atoms with van der Waals surface area (Å²) in [4.78, 5) is 50.8. The van der Waals surface area contributed by atoms with Crippen molar-refractivity contribution in [2.24, 2.45) is 17.6 Å². The quantitative estimate of drug-likeness (QED) is 0.409. The van der Waals surface area contributed by atoms with Gasteiger partial charge >= 0.3 is 6.09 Å². The number of ketones is 2. The molecule has 0 aromatic carbocycles. The number of hydrogen-bond donors (Lipinski definition) is 3. The zero-order valence-electron chi connectivity index (χ0n) is 24.7. The standard InChI is InChI=1S/C29H42N2O10/c1-15-11-18-25(34)19(14-20(32)26(18)40-7)31-28(35)16(2)9-8-10-21(37-4)27(41-29(30)36)23(39-6)13-17(3)24(33)22(12-15)38-5/h8-10,14-15,17,21-24,27,33H,11-13H2,1-7H3,(H2,30,36)(H,31,35)/b10-8-,16-9+/t15-,17+,21+,22+,23?,24-,27-/m1/s1. The van der Waals surface area contributed by atoms with Crippen molar-refractivity contribution in [1.82, 2.24) is 5.32 Å². The molecule has 1 aliphatic heterocycles. The average molecular weight is 579 g/mol. The van der Waals surface area contributed by atoms with Crippen LogP contribution < -0.4 is 11.1 Å². The minimum atomic E-state index is -1.03. The van der Waals surface area contributed by atoms with E-state index >= 15 is 0 Å². The van der Waals surface area contributed by atoms with Crippen LogP contribution in [-0.2, 0) is 38.1 Å². The lowest BCUT2D eigenvalue weighted by Gasteiger charge is -2.34. The van der Waals surface area contributed by atoms with Gasteiger partial charge in [0.15, 0.2) is 11.9 Å². The van der Waals surface area contributed by atoms with E-state index in [1.165, 1.54) is 47.5 Å². The highest BCUT2D eigenvalue weighted by molar-refractivity contribution is 6.23. The van der Waals surface area contributed by atoms with Crippen LogP contribution in [0.25, 0.3) is 0 Å². The van der Waals surface area contributed by atoms with E-state index in [9.17, 15) is 24.3 Å². The van der Waals surface area contributed by atoms with Gasteiger partial charge in [0.1, 0.15) is 6.10 Å². The Kier molecular flexibility index (Phi) is 12.9. The number of nitrogens with two attached hydrogens (primary N) is 1. The van der Waals surface area contributed by atoms with Gasteiger partial charge in [0.25, 0.3) is 5.91 Å². The molecule has 0 fully saturated rings. The maximum absolute atomic E-state index is 13.4. The second kappa shape index (κ2) is 15.6. The smallest absolute Gasteiger partial charge is 0.404 e. The monoisotopic (exact) mass is 578 g/mol. The van der Waals surface area contributed by atoms with Gasteiger partial charge in [0.05, 0.1) is 31.1 Å². The van der Waals surface area contributed by atoms with Crippen molar-refractivity contribution in [3.63, 3.8) is 0 Å². The fraction of sp³-hybridized carbons (Fsp3) is 0.586. The number of Topliss-reactive ketones (excluding diaryl/α,β-unsaturated/α-hetero) is 1. The number of amides is 2. The fourth-order valence-electron chi connectivity index (χ4n) is 5.04. The van der Waals surface area contributed by atoms with Crippen LogP contribution in [-0.4, -0.2) is 87.6 Å². The highest BCUT2D eigenvalue weighted by atomic mass is 16.6. The normalized spacial score (nSPS) is 32.9. The first kappa shape index (κ1) is 33.9. The van der Waals surface area contributed by atoms with Crippen molar-refractivity contribution >= 4 is 23.6 Å². The number of fused-ring (bicyclic) bond motifs is 2. The first-order chi connectivity index (χ1) is 19.4. The molecule has 1 heterocycles. The SMILES string of the molecule is COC1=C2C[C@@H](C)C[C@H](OC)[C@H](O)[C@@H](C)CC(OC)[C@H](OC(N)=O)[C@@H](OC)/C=C\C=C(/C)C(=O)NC(=CC1=O)C2=O. The third-order valence-electron chi connectivity index (χ3n) is 7.32. The van der Waals surface area contributed by atoms with Crippen molar-refractivity contribution in [2.75, 3.05) is 28.4 Å². The molecule has 0 saturated heterocycles. The Bertz CT molecular complexity index is 1110. The minimum Gasteiger partial charge on any atom is -0.492 e. The number of allylic oxidation sites excluding steroid dienone is 4. The predicted molar refractivity (Wildman–Crippen MR) is 148 cm³/mol. The molecule has 0 aromatic rings. The summed E-state index contributed by atoms with van der Waals surface area (Å²) in [6.07, 6.45) is 1.15. The van der Waals surface area contributed by atoms with Crippen LogP contribution in [0.15, 0.2) is 46.9 Å². The average Bonchev–Trinajstić information content (AvgIpc) is 2.93. The van der Waals surface area contributed by atoms with Crippen LogP contribution in [0.1, 0.15) is 40.0 Å². The molecule has 2 amide bonds. The van der Waals surface area contributed by atoms with Crippen molar-refractivity contribution < 1.29 is 48.0 Å². The second-order valence-corrected chi connectivity index (χ2v) is 10.4. The van der Waals surface area contributed by atoms with E-state index < -0.39 is 60.0 Å². The molecular formula is C29H42N2O10. The highest BCUT2D eigenvalue weighted by Crippen LogP contribution is 2.30. The maximum Gasteiger partial charge on any atom is 0.404 e. The summed E-state index contributed by atoms with van der Waals surface area (Å²) in [6.45, 7) is 5.20. The molecule has 1 unspecified atom stereocenters. The van der Waals surface area contributed by atoms with Crippen LogP contribution in [0.5, 0.6) is 0 Å². The summed E-state index contributed by atoms with van der Waals surface area (Å²) >= 11 is 0. The lowest BCUT2D eigenvalue weighted by molar-refractivity contribution is -0.120. The molecule has 12 heteroatoms. The molecule has 41 heavy (non-hydrogen) atoms. The Hall–Kier alpha value is -3.32. The lowest BCUT2D eigenvalue weighted by Crippen LogP contribution is -2.46. The fourth-order valence-corrected chi connectivity index (χ4v) is 5.04. The first-order valence-electron chi connectivity index (χ1n) is 13.3. The summed E-state index contributed by atoms with van der Waals surface area (Å²) < 4.78 is 27.5. The summed E-state index contributed by atoms with van der Waals surface area (Å²) in [6, 6.07) is 0. The molecule has 0 spiro atoms. The van der Waals surface area contributed by atoms with Crippen LogP contribution in [0.2, 0.25) is 0 Å². The number of primary amides is 1. The summed E-state index contributed by atoms with van der Waals surface area (Å²) in [5.41, 5.74) is 5.54. The summed E-state index contributed by atoms with van der Waals surface area (Å²) in [5.74, 6) is -2.38. The third-order valence-corrected chi connectivity index (χ3v) is 7.32. The predicted octanol–water partition coefficient (Wildman–Crippen LogP) is 1.87. The molecule has 12 nitrogen and oxygen atoms in total. The van der Waals surface area contributed by atoms with E-state index in [4.69, 9.17) is 29.4 Å². The highest BCUT2D eigenvalue weighted by Gasteiger charge is 2.37. The van der Waals surface area contributed by atoms with Gasteiger partial charge < -0.3 is 39.8 Å². The number of aliphatic hydroxyl groups excluding tert-OH is 1. The largest absolute Gasteiger partial charge is 0.492 e. The topological polar surface area (TPSA) is 173 Å². The molecule has 2 rings (SSSR count). The van der Waals surface area contributed by atoms with Gasteiger partial charge in [-0.2, -0.15) is 0 Å². The molecule has 1 aliphatic carbocycles. The zero-order chi connectivity index (χ0) is 30.9. The Morgan fingerprint density at radius 1 is 1.02 bits per heavy atom. The van der Waals surface area contributed by atoms with E-state index in [1.807, 2.05) is 13.8 Å². The lowest BCUT2D eigenvalue weighted by atomic mass is 9.84. The molecular weight excluding hydrogens is 536 g/mol. The van der Waals surface area contributed by atoms with Gasteiger partial charge in [-0.3, -0.25) is 14.4 Å². The van der Waals surface area contributed by atoms with Crippen molar-refractivity contribution in [2.45, 2.75) is 70.6 Å². The number of carbonyl (C=O) groups is 4. The molecule has 2 aliphatic rings. The molecule has 0 aromatic heterocycles. The van der Waals surface area contributed by atoms with Crippen LogP contribution in [0.4, 0.5) is 4.79 Å². The molecule has 2 bridgehead atoms. The molecule has 0 saturated carbocycles. The Labute approximate surface area is 240 Å². The number of carbonyl (C=O) groups excluding carboxylic acids is 4. The number of hydrogen-bond acceptors (Lipinski definition) is 10. The molecule has 0 radical (unpaired) electrons. The number of rotatable bonds is 5. The minimum absolute atomic E-state index is 0.0853. The van der Waals surface area contributed by atoms with E-state index in [0.29, 0.717) is 6.42 Å². The third kappa shape index (κ3) is 8.83. The number of ether oxygens (including phenoxy) is 5. The van der Waals surface area contributed by atoms with Gasteiger partial charge in [0.2, 0.25) is 11.6 Å². The number of nitrogens with one attached hydrogen (secondary N) is 1. The second-order valence-electron chi connectivity index (χ2n) is 10.4. The first-order valence-corrected chi connectivity index (χ1v) is 13.3. The van der Waals surface area contributed by atoms with Crippen LogP contribution in [0, 0.1) is 11.8 Å². The van der Waals surface area contributed by atoms with Gasteiger partial charge in [-0.05, 0) is 38.0 Å². The molecule has 4 N–H and O–H groups in total. The number of aliphatic hydroxyl groups is 1. The zero-order valence-corrected chi connectivity index (χ0v) is 24.7. The van der Waals surface area contributed by atoms with Gasteiger partial charge in [-0.1, -0.05) is 32.1 Å². The maximum atomic E-state index is 13.4. The Balaban J connectivity index is 2.57. The van der Waals surface area contributed by atoms with Crippen molar-refractivity contribution in [1.29, 1.82) is 0 Å². The van der Waals surface area contributed by atoms with E-state index in [2.05, 4.69) is 5.32 Å². The number of methoxy groups -OCH3 is 4. The molecule has 228 valence electrons. The Morgan fingerprint density at radius 3 is 2.24 bits per heavy atom. The van der Waals surface area contributed by atoms with Gasteiger partial charge in [-0.15, -0.1) is 0 Å². The molecule has 7 atom stereocenters. The van der Waals surface area contributed by atoms with Gasteiger partial charge in [-0.25, -0.2) is 4.79 Å². The van der Waals surface area contributed by atoms with E-state index in [0.717, 1.165) is 6.08 Å². The van der Waals surface area contributed by atoms with E-state index in [1.54, 1.807) is 6.08 Å². The van der Waals surface area contributed by atoms with Gasteiger partial charge in [0, 0.05) is 38.6 Å². The Morgan fingerprint density at radius 2 is 1.68 bits per heavy atom. The van der Waals surface area contributed by atoms with Crippen molar-refractivity contribution in [3.8, 4) is 0 Å². The summed E-state index contributed by atoms with van der Waals surface area (Å²) in [5, 5.41) is 13.8. The van der Waals surface area contributed by atoms with Crippen LogP contribution >= 0.6 is 0 Å².